The Morgan fingerprint density at radius 2 is 2.06 bits per heavy atom. The largest absolute Gasteiger partial charge is 0.477 e. The van der Waals surface area contributed by atoms with Crippen LogP contribution in [-0.2, 0) is 12.7 Å². The highest BCUT2D eigenvalue weighted by Crippen LogP contribution is 2.28. The maximum atomic E-state index is 12.1. The molecule has 1 heterocycles. The van der Waals surface area contributed by atoms with Crippen LogP contribution in [0, 0.1) is 0 Å². The molecule has 0 amide bonds. The van der Waals surface area contributed by atoms with Crippen molar-refractivity contribution in [1.82, 2.24) is 9.78 Å². The summed E-state index contributed by atoms with van der Waals surface area (Å²) in [5, 5.41) is 11.3. The molecule has 0 saturated heterocycles. The van der Waals surface area contributed by atoms with Gasteiger partial charge in [-0.15, -0.1) is 0 Å². The van der Waals surface area contributed by atoms with Crippen LogP contribution in [0.4, 0.5) is 22.0 Å². The van der Waals surface area contributed by atoms with E-state index in [9.17, 15) is 26.7 Å². The number of hydrogen-bond acceptors (Lipinski definition) is 2. The van der Waals surface area contributed by atoms with E-state index in [-0.39, 0.29) is 10.7 Å². The predicted octanol–water partition coefficient (Wildman–Crippen LogP) is 1.87. The van der Waals surface area contributed by atoms with Crippen LogP contribution in [0.2, 0.25) is 0 Å². The molecule has 0 atom stereocenters. The Hall–Kier alpha value is -1.67. The smallest absolute Gasteiger partial charge is 0.435 e. The molecule has 0 aromatic carbocycles. The first-order valence-electron chi connectivity index (χ1n) is 3.88. The Morgan fingerprint density at radius 1 is 1.50 bits per heavy atom. The van der Waals surface area contributed by atoms with Crippen molar-refractivity contribution in [3.05, 3.63) is 17.5 Å². The molecule has 0 aliphatic carbocycles. The summed E-state index contributed by atoms with van der Waals surface area (Å²) in [6.45, 7) is -1.20. The van der Waals surface area contributed by atoms with Gasteiger partial charge in [0.2, 0.25) is 0 Å². The van der Waals surface area contributed by atoms with Gasteiger partial charge in [-0.2, -0.15) is 18.3 Å². The quantitative estimate of drug-likeness (QED) is 0.825. The van der Waals surface area contributed by atoms with Gasteiger partial charge in [-0.05, 0) is 0 Å². The molecule has 0 aliphatic rings. The van der Waals surface area contributed by atoms with E-state index in [0.717, 1.165) is 0 Å². The van der Waals surface area contributed by atoms with Crippen molar-refractivity contribution in [1.29, 1.82) is 0 Å². The standard InChI is InChI=1S/C7H5F5N2O2/c8-5(9)2-14-3(6(15)16)1-4(13-14)7(10,11)12/h1,5H,2H2,(H,15,16). The Morgan fingerprint density at radius 3 is 2.44 bits per heavy atom. The Kier molecular flexibility index (Phi) is 3.15. The second-order valence-electron chi connectivity index (χ2n) is 2.79. The summed E-state index contributed by atoms with van der Waals surface area (Å²) in [6.07, 6.45) is -7.85. The molecule has 0 aliphatic heterocycles. The van der Waals surface area contributed by atoms with Crippen LogP contribution >= 0.6 is 0 Å². The summed E-state index contributed by atoms with van der Waals surface area (Å²) >= 11 is 0. The van der Waals surface area contributed by atoms with Crippen LogP contribution in [0.3, 0.4) is 0 Å². The van der Waals surface area contributed by atoms with Crippen LogP contribution in [0.15, 0.2) is 6.07 Å². The summed E-state index contributed by atoms with van der Waals surface area (Å²) in [5.74, 6) is -1.75. The number of hydrogen-bond donors (Lipinski definition) is 1. The number of nitrogens with zero attached hydrogens (tertiary/aromatic N) is 2. The van der Waals surface area contributed by atoms with Gasteiger partial charge >= 0.3 is 12.1 Å². The summed E-state index contributed by atoms with van der Waals surface area (Å²) in [5.41, 5.74) is -2.43. The third kappa shape index (κ3) is 2.67. The van der Waals surface area contributed by atoms with Crippen molar-refractivity contribution >= 4 is 5.97 Å². The van der Waals surface area contributed by atoms with Gasteiger partial charge < -0.3 is 5.11 Å². The van der Waals surface area contributed by atoms with Crippen LogP contribution in [-0.4, -0.2) is 27.3 Å². The molecule has 0 radical (unpaired) electrons. The third-order valence-electron chi connectivity index (χ3n) is 1.60. The fourth-order valence-electron chi connectivity index (χ4n) is 0.997. The van der Waals surface area contributed by atoms with Gasteiger partial charge in [0.05, 0.1) is 0 Å². The van der Waals surface area contributed by atoms with Crippen molar-refractivity contribution in [2.24, 2.45) is 0 Å². The second kappa shape index (κ2) is 4.06. The van der Waals surface area contributed by atoms with Crippen LogP contribution in [0.1, 0.15) is 16.2 Å². The summed E-state index contributed by atoms with van der Waals surface area (Å²) in [7, 11) is 0. The first-order chi connectivity index (χ1) is 7.21. The highest BCUT2D eigenvalue weighted by Gasteiger charge is 2.36. The van der Waals surface area contributed by atoms with E-state index in [2.05, 4.69) is 5.10 Å². The normalized spacial score (nSPS) is 12.1. The van der Waals surface area contributed by atoms with Crippen molar-refractivity contribution in [3.8, 4) is 0 Å². The lowest BCUT2D eigenvalue weighted by molar-refractivity contribution is -0.141. The number of aromatic nitrogens is 2. The van der Waals surface area contributed by atoms with Crippen molar-refractivity contribution in [2.75, 3.05) is 0 Å². The zero-order valence-corrected chi connectivity index (χ0v) is 7.50. The highest BCUT2D eigenvalue weighted by molar-refractivity contribution is 5.85. The highest BCUT2D eigenvalue weighted by atomic mass is 19.4. The zero-order chi connectivity index (χ0) is 12.5. The van der Waals surface area contributed by atoms with Crippen molar-refractivity contribution in [3.63, 3.8) is 0 Å². The number of alkyl halides is 5. The van der Waals surface area contributed by atoms with Crippen LogP contribution < -0.4 is 0 Å². The molecular weight excluding hydrogens is 239 g/mol. The van der Waals surface area contributed by atoms with E-state index in [0.29, 0.717) is 0 Å². The van der Waals surface area contributed by atoms with Gasteiger partial charge in [0.25, 0.3) is 6.43 Å². The SMILES string of the molecule is O=C(O)c1cc(C(F)(F)F)nn1CC(F)F. The first kappa shape index (κ1) is 12.4. The average Bonchev–Trinajstić information content (AvgIpc) is 2.45. The topological polar surface area (TPSA) is 55.1 Å². The van der Waals surface area contributed by atoms with E-state index < -0.39 is 36.5 Å². The van der Waals surface area contributed by atoms with Crippen LogP contribution in [0.25, 0.3) is 0 Å². The lowest BCUT2D eigenvalue weighted by Gasteiger charge is -2.03. The van der Waals surface area contributed by atoms with Crippen LogP contribution in [0.5, 0.6) is 0 Å². The van der Waals surface area contributed by atoms with E-state index in [1.807, 2.05) is 0 Å². The number of rotatable bonds is 3. The van der Waals surface area contributed by atoms with E-state index in [1.165, 1.54) is 0 Å². The van der Waals surface area contributed by atoms with Crippen molar-refractivity contribution in [2.45, 2.75) is 19.1 Å². The second-order valence-corrected chi connectivity index (χ2v) is 2.79. The number of halogens is 5. The molecule has 9 heteroatoms. The molecule has 0 fully saturated rings. The molecule has 90 valence electrons. The van der Waals surface area contributed by atoms with Gasteiger partial charge in [0.15, 0.2) is 5.69 Å². The monoisotopic (exact) mass is 244 g/mol. The van der Waals surface area contributed by atoms with Gasteiger partial charge in [-0.25, -0.2) is 13.6 Å². The van der Waals surface area contributed by atoms with Gasteiger partial charge in [-0.1, -0.05) is 0 Å². The molecule has 0 spiro atoms. The van der Waals surface area contributed by atoms with E-state index >= 15 is 0 Å². The number of carboxylic acid groups (broad SMARTS) is 1. The molecule has 16 heavy (non-hydrogen) atoms. The minimum absolute atomic E-state index is 0.121. The van der Waals surface area contributed by atoms with Crippen molar-refractivity contribution < 1.29 is 31.9 Å². The molecular formula is C7H5F5N2O2. The first-order valence-corrected chi connectivity index (χ1v) is 3.88. The third-order valence-corrected chi connectivity index (χ3v) is 1.60. The Labute approximate surface area is 85.3 Å². The molecule has 0 bridgehead atoms. The van der Waals surface area contributed by atoms with Gasteiger partial charge in [0.1, 0.15) is 12.2 Å². The molecule has 0 saturated carbocycles. The maximum Gasteiger partial charge on any atom is 0.435 e. The molecule has 4 nitrogen and oxygen atoms in total. The molecule has 1 aromatic heterocycles. The summed E-state index contributed by atoms with van der Waals surface area (Å²) in [4.78, 5) is 10.5. The number of carbonyl (C=O) groups is 1. The average molecular weight is 244 g/mol. The van der Waals surface area contributed by atoms with Gasteiger partial charge in [0, 0.05) is 6.07 Å². The fraction of sp³-hybridized carbons (Fsp3) is 0.429. The predicted molar refractivity (Wildman–Crippen MR) is 40.2 cm³/mol. The minimum atomic E-state index is -4.86. The Balaban J connectivity index is 3.15. The maximum absolute atomic E-state index is 12.1. The van der Waals surface area contributed by atoms with E-state index in [4.69, 9.17) is 5.11 Å². The summed E-state index contributed by atoms with van der Waals surface area (Å²) in [6, 6.07) is 0.213. The van der Waals surface area contributed by atoms with Gasteiger partial charge in [-0.3, -0.25) is 4.68 Å². The molecule has 1 aromatic rings. The lowest BCUT2D eigenvalue weighted by atomic mass is 10.3. The number of carboxylic acids is 1. The number of aromatic carboxylic acids is 1. The minimum Gasteiger partial charge on any atom is -0.477 e. The fourth-order valence-corrected chi connectivity index (χ4v) is 0.997. The molecule has 0 unspecified atom stereocenters. The molecule has 1 rings (SSSR count). The van der Waals surface area contributed by atoms with E-state index in [1.54, 1.807) is 0 Å². The molecule has 1 N–H and O–H groups in total. The zero-order valence-electron chi connectivity index (χ0n) is 7.50. The Bertz CT molecular complexity index is 398. The summed E-state index contributed by atoms with van der Waals surface area (Å²) < 4.78 is 60.4. The lowest BCUT2D eigenvalue weighted by Crippen LogP contribution is -2.15.